The number of hydrogen-bond acceptors (Lipinski definition) is 5. The average molecular weight is 337 g/mol. The number of hydrogen-bond donors (Lipinski definition) is 1. The number of nitrogens with one attached hydrogen (secondary N) is 1. The summed E-state index contributed by atoms with van der Waals surface area (Å²) in [5.41, 5.74) is 1.51. The van der Waals surface area contributed by atoms with Crippen LogP contribution in [0.3, 0.4) is 0 Å². The van der Waals surface area contributed by atoms with E-state index in [4.69, 9.17) is 0 Å². The van der Waals surface area contributed by atoms with Gasteiger partial charge >= 0.3 is 0 Å². The first-order valence-electron chi connectivity index (χ1n) is 8.78. The molecule has 2 aromatic rings. The molecule has 0 bridgehead atoms. The molecule has 1 N–H and O–H groups in total. The van der Waals surface area contributed by atoms with Crippen molar-refractivity contribution in [3.8, 4) is 0 Å². The van der Waals surface area contributed by atoms with Crippen LogP contribution in [0.1, 0.15) is 16.1 Å². The van der Waals surface area contributed by atoms with Crippen LogP contribution in [0.15, 0.2) is 42.7 Å². The van der Waals surface area contributed by atoms with Crippen LogP contribution in [-0.4, -0.2) is 54.0 Å². The molecule has 130 valence electrons. The second-order valence-corrected chi connectivity index (χ2v) is 6.99. The summed E-state index contributed by atoms with van der Waals surface area (Å²) < 4.78 is 0. The van der Waals surface area contributed by atoms with Gasteiger partial charge in [0.05, 0.1) is 12.4 Å². The van der Waals surface area contributed by atoms with Gasteiger partial charge in [-0.1, -0.05) is 30.3 Å². The molecule has 0 spiro atoms. The summed E-state index contributed by atoms with van der Waals surface area (Å²) in [4.78, 5) is 25.5. The molecule has 4 rings (SSSR count). The minimum absolute atomic E-state index is 0.0979. The predicted octanol–water partition coefficient (Wildman–Crippen LogP) is 1.40. The molecule has 1 aromatic carbocycles. The number of carbonyl (C=O) groups is 1. The summed E-state index contributed by atoms with van der Waals surface area (Å²) in [6.45, 7) is 4.69. The van der Waals surface area contributed by atoms with E-state index in [1.165, 1.54) is 0 Å². The van der Waals surface area contributed by atoms with Crippen LogP contribution < -0.4 is 10.2 Å². The van der Waals surface area contributed by atoms with Crippen LogP contribution in [0.25, 0.3) is 0 Å². The maximum absolute atomic E-state index is 12.7. The summed E-state index contributed by atoms with van der Waals surface area (Å²) in [6.07, 6.45) is 3.33. The fourth-order valence-corrected chi connectivity index (χ4v) is 3.78. The van der Waals surface area contributed by atoms with Crippen molar-refractivity contribution in [3.05, 3.63) is 54.0 Å². The molecule has 2 atom stereocenters. The summed E-state index contributed by atoms with van der Waals surface area (Å²) in [5, 5.41) is 3.44. The molecule has 0 unspecified atom stereocenters. The Morgan fingerprint density at radius 1 is 1.20 bits per heavy atom. The van der Waals surface area contributed by atoms with Gasteiger partial charge < -0.3 is 15.1 Å². The highest BCUT2D eigenvalue weighted by Crippen LogP contribution is 2.29. The lowest BCUT2D eigenvalue weighted by Gasteiger charge is -2.20. The molecular formula is C19H23N5O. The Kier molecular flexibility index (Phi) is 4.36. The Morgan fingerprint density at radius 3 is 2.64 bits per heavy atom. The summed E-state index contributed by atoms with van der Waals surface area (Å²) in [5.74, 6) is 2.08. The van der Waals surface area contributed by atoms with Gasteiger partial charge in [-0.3, -0.25) is 9.78 Å². The quantitative estimate of drug-likeness (QED) is 0.914. The zero-order valence-corrected chi connectivity index (χ0v) is 14.4. The molecule has 6 nitrogen and oxygen atoms in total. The smallest absolute Gasteiger partial charge is 0.274 e. The molecule has 2 fully saturated rings. The van der Waals surface area contributed by atoms with E-state index in [0.29, 0.717) is 24.1 Å². The maximum atomic E-state index is 12.7. The number of nitrogens with zero attached hydrogens (tertiary/aromatic N) is 4. The van der Waals surface area contributed by atoms with Gasteiger partial charge in [0.2, 0.25) is 0 Å². The van der Waals surface area contributed by atoms with E-state index in [1.54, 1.807) is 24.3 Å². The van der Waals surface area contributed by atoms with E-state index in [1.807, 2.05) is 30.3 Å². The Hall–Kier alpha value is -2.47. The molecule has 0 radical (unpaired) electrons. The summed E-state index contributed by atoms with van der Waals surface area (Å²) >= 11 is 0. The lowest BCUT2D eigenvalue weighted by molar-refractivity contribution is 0.0779. The van der Waals surface area contributed by atoms with Gasteiger partial charge in [0.25, 0.3) is 5.91 Å². The molecule has 6 heteroatoms. The number of amides is 1. The first kappa shape index (κ1) is 16.0. The fourth-order valence-electron chi connectivity index (χ4n) is 3.78. The highest BCUT2D eigenvalue weighted by atomic mass is 16.2. The number of benzene rings is 1. The van der Waals surface area contributed by atoms with Gasteiger partial charge in [-0.15, -0.1) is 0 Å². The number of aromatic nitrogens is 2. The van der Waals surface area contributed by atoms with Crippen LogP contribution in [0.2, 0.25) is 0 Å². The predicted molar refractivity (Wildman–Crippen MR) is 96.3 cm³/mol. The van der Waals surface area contributed by atoms with Crippen molar-refractivity contribution in [3.63, 3.8) is 0 Å². The van der Waals surface area contributed by atoms with Gasteiger partial charge in [0.15, 0.2) is 0 Å². The lowest BCUT2D eigenvalue weighted by atomic mass is 10.0. The average Bonchev–Trinajstić information content (AvgIpc) is 3.24. The van der Waals surface area contributed by atoms with Crippen molar-refractivity contribution in [2.24, 2.45) is 11.8 Å². The second-order valence-electron chi connectivity index (χ2n) is 6.99. The Balaban J connectivity index is 1.46. The summed E-state index contributed by atoms with van der Waals surface area (Å²) in [6, 6.07) is 9.97. The second kappa shape index (κ2) is 6.80. The number of fused-ring (bicyclic) bond motifs is 1. The zero-order valence-electron chi connectivity index (χ0n) is 14.4. The molecule has 1 aromatic heterocycles. The van der Waals surface area contributed by atoms with Gasteiger partial charge in [-0.05, 0) is 17.4 Å². The van der Waals surface area contributed by atoms with Crippen molar-refractivity contribution in [1.82, 2.24) is 20.2 Å². The maximum Gasteiger partial charge on any atom is 0.274 e. The molecule has 25 heavy (non-hydrogen) atoms. The van der Waals surface area contributed by atoms with Crippen molar-refractivity contribution < 1.29 is 4.79 Å². The standard InChI is InChI=1S/C19H23N5O/c1-23(11-14-5-3-2-4-6-14)19(25)17-9-21-10-18(22-17)24-12-15-7-20-8-16(15)13-24/h2-6,9-10,15-16,20H,7-8,11-13H2,1H3/t15-,16+. The lowest BCUT2D eigenvalue weighted by Crippen LogP contribution is -2.29. The Morgan fingerprint density at radius 2 is 1.92 bits per heavy atom. The number of anilines is 1. The van der Waals surface area contributed by atoms with Crippen LogP contribution in [0.5, 0.6) is 0 Å². The molecule has 1 amide bonds. The van der Waals surface area contributed by atoms with Gasteiger partial charge in [0, 0.05) is 39.8 Å². The third-order valence-electron chi connectivity index (χ3n) is 5.16. The highest BCUT2D eigenvalue weighted by molar-refractivity contribution is 5.92. The van der Waals surface area contributed by atoms with E-state index in [-0.39, 0.29) is 5.91 Å². The third-order valence-corrected chi connectivity index (χ3v) is 5.16. The van der Waals surface area contributed by atoms with Gasteiger partial charge in [-0.25, -0.2) is 4.98 Å². The third kappa shape index (κ3) is 3.35. The summed E-state index contributed by atoms with van der Waals surface area (Å²) in [7, 11) is 1.80. The van der Waals surface area contributed by atoms with Crippen molar-refractivity contribution in [2.45, 2.75) is 6.54 Å². The van der Waals surface area contributed by atoms with E-state index in [9.17, 15) is 4.79 Å². The molecular weight excluding hydrogens is 314 g/mol. The first-order valence-corrected chi connectivity index (χ1v) is 8.78. The van der Waals surface area contributed by atoms with Gasteiger partial charge in [-0.2, -0.15) is 0 Å². The Labute approximate surface area is 147 Å². The first-order chi connectivity index (χ1) is 12.2. The van der Waals surface area contributed by atoms with Gasteiger partial charge in [0.1, 0.15) is 11.5 Å². The molecule has 2 saturated heterocycles. The van der Waals surface area contributed by atoms with Crippen LogP contribution >= 0.6 is 0 Å². The molecule has 3 heterocycles. The van der Waals surface area contributed by atoms with Crippen molar-refractivity contribution >= 4 is 11.7 Å². The van der Waals surface area contributed by atoms with E-state index >= 15 is 0 Å². The molecule has 2 aliphatic rings. The van der Waals surface area contributed by atoms with E-state index in [0.717, 1.165) is 37.6 Å². The number of rotatable bonds is 4. The Bertz CT molecular complexity index is 738. The minimum Gasteiger partial charge on any atom is -0.355 e. The van der Waals surface area contributed by atoms with Crippen LogP contribution in [0, 0.1) is 11.8 Å². The zero-order chi connectivity index (χ0) is 17.2. The fraction of sp³-hybridized carbons (Fsp3) is 0.421. The van der Waals surface area contributed by atoms with Crippen LogP contribution in [0.4, 0.5) is 5.82 Å². The molecule has 2 aliphatic heterocycles. The van der Waals surface area contributed by atoms with Crippen molar-refractivity contribution in [1.29, 1.82) is 0 Å². The highest BCUT2D eigenvalue weighted by Gasteiger charge is 2.36. The normalized spacial score (nSPS) is 22.0. The van der Waals surface area contributed by atoms with E-state index < -0.39 is 0 Å². The number of carbonyl (C=O) groups excluding carboxylic acids is 1. The van der Waals surface area contributed by atoms with Crippen LogP contribution in [-0.2, 0) is 6.54 Å². The van der Waals surface area contributed by atoms with E-state index in [2.05, 4.69) is 20.2 Å². The molecule has 0 aliphatic carbocycles. The largest absolute Gasteiger partial charge is 0.355 e. The monoisotopic (exact) mass is 337 g/mol. The topological polar surface area (TPSA) is 61.4 Å². The SMILES string of the molecule is CN(Cc1ccccc1)C(=O)c1cncc(N2C[C@H]3CNC[C@H]3C2)n1. The molecule has 0 saturated carbocycles. The van der Waals surface area contributed by atoms with Crippen molar-refractivity contribution in [2.75, 3.05) is 38.1 Å². The minimum atomic E-state index is -0.0979.